The van der Waals surface area contributed by atoms with Crippen molar-refractivity contribution in [2.24, 2.45) is 7.05 Å². The molecule has 0 aliphatic heterocycles. The van der Waals surface area contributed by atoms with E-state index in [1.54, 1.807) is 17.1 Å². The molecule has 0 aliphatic carbocycles. The number of aryl methyl sites for hydroxylation is 2. The minimum absolute atomic E-state index is 0.00607. The predicted octanol–water partition coefficient (Wildman–Crippen LogP) is 3.50. The smallest absolute Gasteiger partial charge is 0.195 e. The largest absolute Gasteiger partial charge is 0.388 e. The van der Waals surface area contributed by atoms with Gasteiger partial charge in [0.1, 0.15) is 0 Å². The molecule has 0 aliphatic rings. The molecule has 0 atom stereocenters. The molecule has 2 aromatic heterocycles. The highest BCUT2D eigenvalue weighted by Crippen LogP contribution is 2.24. The van der Waals surface area contributed by atoms with E-state index >= 15 is 0 Å². The molecule has 0 radical (unpaired) electrons. The van der Waals surface area contributed by atoms with Gasteiger partial charge in [-0.05, 0) is 42.1 Å². The molecule has 5 heteroatoms. The third-order valence-electron chi connectivity index (χ3n) is 4.53. The van der Waals surface area contributed by atoms with Gasteiger partial charge in [0, 0.05) is 54.1 Å². The zero-order valence-electron chi connectivity index (χ0n) is 14.4. The Morgan fingerprint density at radius 3 is 2.56 bits per heavy atom. The highest BCUT2D eigenvalue weighted by atomic mass is 16.1. The van der Waals surface area contributed by atoms with E-state index in [1.807, 2.05) is 57.5 Å². The summed E-state index contributed by atoms with van der Waals surface area (Å²) >= 11 is 0. The molecule has 0 fully saturated rings. The lowest BCUT2D eigenvalue weighted by atomic mass is 10.1. The molecule has 0 spiro atoms. The molecule has 25 heavy (non-hydrogen) atoms. The summed E-state index contributed by atoms with van der Waals surface area (Å²) in [4.78, 5) is 17.7. The predicted molar refractivity (Wildman–Crippen MR) is 102 cm³/mol. The Kier molecular flexibility index (Phi) is 3.50. The van der Waals surface area contributed by atoms with Crippen LogP contribution in [0.1, 0.15) is 5.56 Å². The first-order valence-electron chi connectivity index (χ1n) is 8.11. The van der Waals surface area contributed by atoms with E-state index in [4.69, 9.17) is 0 Å². The van der Waals surface area contributed by atoms with Crippen LogP contribution in [0.5, 0.6) is 0 Å². The van der Waals surface area contributed by atoms with Gasteiger partial charge < -0.3 is 5.32 Å². The highest BCUT2D eigenvalue weighted by molar-refractivity contribution is 5.96. The minimum atomic E-state index is -0.00607. The Labute approximate surface area is 144 Å². The van der Waals surface area contributed by atoms with E-state index in [0.717, 1.165) is 27.8 Å². The van der Waals surface area contributed by atoms with Gasteiger partial charge in [-0.15, -0.1) is 0 Å². The van der Waals surface area contributed by atoms with Crippen molar-refractivity contribution >= 4 is 27.4 Å². The van der Waals surface area contributed by atoms with Gasteiger partial charge in [0.15, 0.2) is 5.43 Å². The first-order valence-corrected chi connectivity index (χ1v) is 8.11. The van der Waals surface area contributed by atoms with E-state index in [1.165, 1.54) is 0 Å². The van der Waals surface area contributed by atoms with E-state index in [-0.39, 0.29) is 5.43 Å². The quantitative estimate of drug-likeness (QED) is 0.611. The van der Waals surface area contributed by atoms with Crippen molar-refractivity contribution in [1.29, 1.82) is 0 Å². The standard InChI is InChI=1S/C20H18N4O/c1-12-6-15(21-2)8-17-16(12)4-5-19-18(20(17)25)7-13(9-22-19)14-10-23-24(3)11-14/h4-11,21H,1-3H3. The van der Waals surface area contributed by atoms with Crippen LogP contribution in [-0.2, 0) is 7.05 Å². The van der Waals surface area contributed by atoms with Gasteiger partial charge in [0.2, 0.25) is 0 Å². The third kappa shape index (κ3) is 2.54. The number of hydrogen-bond acceptors (Lipinski definition) is 4. The topological polar surface area (TPSA) is 59.8 Å². The van der Waals surface area contributed by atoms with Crippen LogP contribution in [0.2, 0.25) is 0 Å². The first-order chi connectivity index (χ1) is 12.1. The van der Waals surface area contributed by atoms with Gasteiger partial charge in [-0.2, -0.15) is 5.10 Å². The fraction of sp³-hybridized carbons (Fsp3) is 0.150. The second-order valence-electron chi connectivity index (χ2n) is 6.23. The summed E-state index contributed by atoms with van der Waals surface area (Å²) in [5.74, 6) is 0. The number of hydrogen-bond donors (Lipinski definition) is 1. The van der Waals surface area contributed by atoms with Crippen molar-refractivity contribution in [3.63, 3.8) is 0 Å². The number of fused-ring (bicyclic) bond motifs is 2. The number of aromatic nitrogens is 3. The molecule has 4 aromatic rings. The maximum atomic E-state index is 13.2. The van der Waals surface area contributed by atoms with Gasteiger partial charge >= 0.3 is 0 Å². The molecule has 0 saturated heterocycles. The van der Waals surface area contributed by atoms with Gasteiger partial charge in [-0.1, -0.05) is 6.07 Å². The molecule has 124 valence electrons. The van der Waals surface area contributed by atoms with E-state index in [9.17, 15) is 4.79 Å². The van der Waals surface area contributed by atoms with Crippen LogP contribution < -0.4 is 10.7 Å². The van der Waals surface area contributed by atoms with Crippen LogP contribution in [0.4, 0.5) is 5.69 Å². The summed E-state index contributed by atoms with van der Waals surface area (Å²) in [6, 6.07) is 9.74. The van der Waals surface area contributed by atoms with Gasteiger partial charge in [0.05, 0.1) is 11.7 Å². The highest BCUT2D eigenvalue weighted by Gasteiger charge is 2.09. The Balaban J connectivity index is 2.09. The van der Waals surface area contributed by atoms with Crippen molar-refractivity contribution in [3.8, 4) is 11.1 Å². The third-order valence-corrected chi connectivity index (χ3v) is 4.53. The summed E-state index contributed by atoms with van der Waals surface area (Å²) < 4.78 is 1.74. The number of anilines is 1. The molecular formula is C20H18N4O. The molecule has 0 saturated carbocycles. The molecule has 2 aromatic carbocycles. The zero-order chi connectivity index (χ0) is 17.6. The Morgan fingerprint density at radius 2 is 1.84 bits per heavy atom. The molecular weight excluding hydrogens is 312 g/mol. The zero-order valence-corrected chi connectivity index (χ0v) is 14.4. The van der Waals surface area contributed by atoms with E-state index in [0.29, 0.717) is 16.3 Å². The molecule has 0 amide bonds. The van der Waals surface area contributed by atoms with Crippen molar-refractivity contribution in [2.75, 3.05) is 12.4 Å². The average molecular weight is 330 g/mol. The average Bonchev–Trinajstić information content (AvgIpc) is 3.00. The number of pyridine rings is 1. The molecule has 0 bridgehead atoms. The molecule has 2 heterocycles. The fourth-order valence-corrected chi connectivity index (χ4v) is 3.18. The van der Waals surface area contributed by atoms with Crippen LogP contribution in [0.15, 0.2) is 53.7 Å². The summed E-state index contributed by atoms with van der Waals surface area (Å²) in [5, 5.41) is 9.58. The normalized spacial score (nSPS) is 11.2. The van der Waals surface area contributed by atoms with Crippen molar-refractivity contribution < 1.29 is 0 Å². The maximum Gasteiger partial charge on any atom is 0.195 e. The lowest BCUT2D eigenvalue weighted by Crippen LogP contribution is -2.01. The lowest BCUT2D eigenvalue weighted by Gasteiger charge is -2.04. The van der Waals surface area contributed by atoms with Gasteiger partial charge in [0.25, 0.3) is 0 Å². The molecule has 5 nitrogen and oxygen atoms in total. The maximum absolute atomic E-state index is 13.2. The molecule has 0 unspecified atom stereocenters. The van der Waals surface area contributed by atoms with Gasteiger partial charge in [-0.25, -0.2) is 0 Å². The fourth-order valence-electron chi connectivity index (χ4n) is 3.18. The van der Waals surface area contributed by atoms with E-state index in [2.05, 4.69) is 15.4 Å². The first kappa shape index (κ1) is 15.3. The minimum Gasteiger partial charge on any atom is -0.388 e. The number of benzene rings is 1. The van der Waals surface area contributed by atoms with E-state index < -0.39 is 0 Å². The van der Waals surface area contributed by atoms with Crippen LogP contribution in [0.25, 0.3) is 32.8 Å². The summed E-state index contributed by atoms with van der Waals surface area (Å²) in [5.41, 5.74) is 4.51. The molecule has 4 rings (SSSR count). The summed E-state index contributed by atoms with van der Waals surface area (Å²) in [6.07, 6.45) is 5.48. The van der Waals surface area contributed by atoms with Crippen molar-refractivity contribution in [3.05, 3.63) is 64.7 Å². The SMILES string of the molecule is CNc1cc(C)c2ccc3ncc(-c4cnn(C)c4)cc3c(=O)c2c1. The van der Waals surface area contributed by atoms with Gasteiger partial charge in [-0.3, -0.25) is 14.5 Å². The Morgan fingerprint density at radius 1 is 1.00 bits per heavy atom. The van der Waals surface area contributed by atoms with Crippen LogP contribution in [0, 0.1) is 6.92 Å². The van der Waals surface area contributed by atoms with Crippen LogP contribution >= 0.6 is 0 Å². The Hall–Kier alpha value is -3.21. The van der Waals surface area contributed by atoms with Crippen LogP contribution in [0.3, 0.4) is 0 Å². The van der Waals surface area contributed by atoms with Crippen LogP contribution in [-0.4, -0.2) is 21.8 Å². The second-order valence-corrected chi connectivity index (χ2v) is 6.23. The molecule has 1 N–H and O–H groups in total. The monoisotopic (exact) mass is 330 g/mol. The lowest BCUT2D eigenvalue weighted by molar-refractivity contribution is 0.768. The van der Waals surface area contributed by atoms with Crippen molar-refractivity contribution in [2.45, 2.75) is 6.92 Å². The number of nitrogens with zero attached hydrogens (tertiary/aromatic N) is 3. The summed E-state index contributed by atoms with van der Waals surface area (Å²) in [6.45, 7) is 2.02. The number of rotatable bonds is 2. The number of nitrogens with one attached hydrogen (secondary N) is 1. The second kappa shape index (κ2) is 5.70. The van der Waals surface area contributed by atoms with Crippen molar-refractivity contribution in [1.82, 2.24) is 14.8 Å². The summed E-state index contributed by atoms with van der Waals surface area (Å²) in [7, 11) is 3.72. The Bertz CT molecular complexity index is 1180.